The molecule has 0 aliphatic carbocycles. The van der Waals surface area contributed by atoms with Crippen molar-refractivity contribution in [3.8, 4) is 22.9 Å². The number of nitrogen functional groups attached to an aromatic ring is 1. The van der Waals surface area contributed by atoms with Gasteiger partial charge in [0, 0.05) is 11.8 Å². The van der Waals surface area contributed by atoms with E-state index in [4.69, 9.17) is 15.0 Å². The molecule has 0 bridgehead atoms. The number of phenols is 1. The summed E-state index contributed by atoms with van der Waals surface area (Å²) in [7, 11) is 1.47. The highest BCUT2D eigenvalue weighted by molar-refractivity contribution is 5.60. The van der Waals surface area contributed by atoms with E-state index in [1.807, 2.05) is 0 Å². The van der Waals surface area contributed by atoms with Crippen molar-refractivity contribution >= 4 is 5.69 Å². The average molecular weight is 287 g/mol. The summed E-state index contributed by atoms with van der Waals surface area (Å²) in [6.45, 7) is 0.333. The van der Waals surface area contributed by atoms with Crippen molar-refractivity contribution < 1.29 is 14.4 Å². The molecular formula is C13H13N5O3. The van der Waals surface area contributed by atoms with Crippen LogP contribution in [0, 0.1) is 0 Å². The first kappa shape index (κ1) is 13.0. The maximum atomic E-state index is 9.57. The molecule has 8 nitrogen and oxygen atoms in total. The third-order valence-corrected chi connectivity index (χ3v) is 2.86. The highest BCUT2D eigenvalue weighted by atomic mass is 16.5. The third-order valence-electron chi connectivity index (χ3n) is 2.86. The van der Waals surface area contributed by atoms with Crippen molar-refractivity contribution in [3.63, 3.8) is 0 Å². The Morgan fingerprint density at radius 1 is 1.43 bits per heavy atom. The maximum Gasteiger partial charge on any atom is 0.248 e. The van der Waals surface area contributed by atoms with E-state index in [1.54, 1.807) is 29.2 Å². The van der Waals surface area contributed by atoms with Crippen molar-refractivity contribution in [2.75, 3.05) is 12.8 Å². The van der Waals surface area contributed by atoms with Crippen molar-refractivity contribution in [2.24, 2.45) is 0 Å². The van der Waals surface area contributed by atoms with Crippen LogP contribution in [0.3, 0.4) is 0 Å². The fourth-order valence-corrected chi connectivity index (χ4v) is 1.86. The number of nitrogens with zero attached hydrogens (tertiary/aromatic N) is 4. The predicted molar refractivity (Wildman–Crippen MR) is 73.7 cm³/mol. The normalized spacial score (nSPS) is 10.7. The zero-order chi connectivity index (χ0) is 14.8. The lowest BCUT2D eigenvalue weighted by Gasteiger charge is -2.03. The summed E-state index contributed by atoms with van der Waals surface area (Å²) < 4.78 is 11.8. The number of hydrogen-bond donors (Lipinski definition) is 2. The quantitative estimate of drug-likeness (QED) is 0.743. The Morgan fingerprint density at radius 3 is 3.00 bits per heavy atom. The SMILES string of the molecule is COc1cc(-c2noc(Cn3cc(N)cn3)n2)ccc1O. The Balaban J connectivity index is 1.84. The largest absolute Gasteiger partial charge is 0.504 e. The minimum Gasteiger partial charge on any atom is -0.504 e. The molecule has 0 atom stereocenters. The lowest BCUT2D eigenvalue weighted by Crippen LogP contribution is -2.00. The number of nitrogens with two attached hydrogens (primary N) is 1. The van der Waals surface area contributed by atoms with Gasteiger partial charge in [-0.3, -0.25) is 4.68 Å². The Bertz CT molecular complexity index is 765. The van der Waals surface area contributed by atoms with E-state index in [-0.39, 0.29) is 5.75 Å². The Morgan fingerprint density at radius 2 is 2.29 bits per heavy atom. The number of ether oxygens (including phenoxy) is 1. The number of aromatic hydroxyl groups is 1. The summed E-state index contributed by atoms with van der Waals surface area (Å²) in [6, 6.07) is 4.83. The topological polar surface area (TPSA) is 112 Å². The Hall–Kier alpha value is -3.03. The highest BCUT2D eigenvalue weighted by Crippen LogP contribution is 2.30. The molecule has 0 saturated heterocycles. The van der Waals surface area contributed by atoms with Gasteiger partial charge in [-0.1, -0.05) is 5.16 Å². The molecule has 8 heteroatoms. The van der Waals surface area contributed by atoms with E-state index >= 15 is 0 Å². The van der Waals surface area contributed by atoms with Gasteiger partial charge < -0.3 is 20.1 Å². The van der Waals surface area contributed by atoms with Gasteiger partial charge in [0.25, 0.3) is 0 Å². The first-order valence-corrected chi connectivity index (χ1v) is 6.13. The molecule has 0 aliphatic heterocycles. The number of rotatable bonds is 4. The predicted octanol–water partition coefficient (Wildman–Crippen LogP) is 1.28. The molecular weight excluding hydrogens is 274 g/mol. The fourth-order valence-electron chi connectivity index (χ4n) is 1.86. The molecule has 3 aromatic rings. The monoisotopic (exact) mass is 287 g/mol. The number of benzene rings is 1. The van der Waals surface area contributed by atoms with E-state index in [1.165, 1.54) is 13.2 Å². The van der Waals surface area contributed by atoms with Gasteiger partial charge in [-0.2, -0.15) is 10.1 Å². The smallest absolute Gasteiger partial charge is 0.248 e. The molecule has 0 fully saturated rings. The minimum absolute atomic E-state index is 0.0528. The van der Waals surface area contributed by atoms with Crippen molar-refractivity contribution in [1.82, 2.24) is 19.9 Å². The van der Waals surface area contributed by atoms with Crippen LogP contribution in [0.25, 0.3) is 11.4 Å². The van der Waals surface area contributed by atoms with E-state index in [2.05, 4.69) is 15.2 Å². The lowest BCUT2D eigenvalue weighted by atomic mass is 10.2. The van der Waals surface area contributed by atoms with E-state index in [0.29, 0.717) is 35.3 Å². The van der Waals surface area contributed by atoms with Gasteiger partial charge >= 0.3 is 0 Å². The van der Waals surface area contributed by atoms with E-state index in [0.717, 1.165) is 0 Å². The van der Waals surface area contributed by atoms with E-state index < -0.39 is 0 Å². The van der Waals surface area contributed by atoms with Crippen LogP contribution in [0.5, 0.6) is 11.5 Å². The molecule has 2 heterocycles. The van der Waals surface area contributed by atoms with Gasteiger partial charge in [0.05, 0.1) is 19.0 Å². The average Bonchev–Trinajstić information content (AvgIpc) is 3.09. The van der Waals surface area contributed by atoms with Crippen LogP contribution >= 0.6 is 0 Å². The molecule has 0 aliphatic rings. The first-order valence-electron chi connectivity index (χ1n) is 6.13. The number of aromatic nitrogens is 4. The zero-order valence-electron chi connectivity index (χ0n) is 11.2. The van der Waals surface area contributed by atoms with Crippen molar-refractivity contribution in [1.29, 1.82) is 0 Å². The second-order valence-electron chi connectivity index (χ2n) is 4.37. The number of hydrogen-bond acceptors (Lipinski definition) is 7. The van der Waals surface area contributed by atoms with Crippen LogP contribution in [0.1, 0.15) is 5.89 Å². The van der Waals surface area contributed by atoms with Gasteiger partial charge in [-0.25, -0.2) is 0 Å². The van der Waals surface area contributed by atoms with Crippen LogP contribution < -0.4 is 10.5 Å². The summed E-state index contributed by atoms with van der Waals surface area (Å²) in [5.41, 5.74) is 6.83. The number of phenolic OH excluding ortho intramolecular Hbond substituents is 1. The second-order valence-corrected chi connectivity index (χ2v) is 4.37. The molecule has 21 heavy (non-hydrogen) atoms. The zero-order valence-corrected chi connectivity index (χ0v) is 11.2. The van der Waals surface area contributed by atoms with Crippen molar-refractivity contribution in [2.45, 2.75) is 6.54 Å². The van der Waals surface area contributed by atoms with Crippen LogP contribution in [0.15, 0.2) is 35.1 Å². The van der Waals surface area contributed by atoms with Gasteiger partial charge in [0.2, 0.25) is 11.7 Å². The van der Waals surface area contributed by atoms with Crippen LogP contribution in [0.2, 0.25) is 0 Å². The second kappa shape index (κ2) is 5.16. The number of anilines is 1. The van der Waals surface area contributed by atoms with Crippen molar-refractivity contribution in [3.05, 3.63) is 36.5 Å². The Kier molecular flexibility index (Phi) is 3.19. The maximum absolute atomic E-state index is 9.57. The summed E-state index contributed by atoms with van der Waals surface area (Å²) in [4.78, 5) is 4.27. The van der Waals surface area contributed by atoms with E-state index in [9.17, 15) is 5.11 Å². The summed E-state index contributed by atoms with van der Waals surface area (Å²) in [5.74, 6) is 1.21. The highest BCUT2D eigenvalue weighted by Gasteiger charge is 2.12. The molecule has 0 radical (unpaired) electrons. The molecule has 0 saturated carbocycles. The van der Waals surface area contributed by atoms with Gasteiger partial charge in [0.15, 0.2) is 11.5 Å². The summed E-state index contributed by atoms with van der Waals surface area (Å²) in [6.07, 6.45) is 3.22. The molecule has 1 aromatic carbocycles. The van der Waals surface area contributed by atoms with Gasteiger partial charge in [0.1, 0.15) is 6.54 Å². The standard InChI is InChI=1S/C13H13N5O3/c1-20-11-4-8(2-3-10(11)19)13-16-12(21-17-13)7-18-6-9(14)5-15-18/h2-6,19H,7,14H2,1H3. The number of methoxy groups -OCH3 is 1. The van der Waals surface area contributed by atoms with Crippen LogP contribution in [-0.4, -0.2) is 32.1 Å². The van der Waals surface area contributed by atoms with Crippen LogP contribution in [0.4, 0.5) is 5.69 Å². The minimum atomic E-state index is 0.0528. The van der Waals surface area contributed by atoms with Gasteiger partial charge in [-0.15, -0.1) is 0 Å². The molecule has 0 amide bonds. The summed E-state index contributed by atoms with van der Waals surface area (Å²) in [5, 5.41) is 17.5. The fraction of sp³-hybridized carbons (Fsp3) is 0.154. The van der Waals surface area contributed by atoms with Gasteiger partial charge in [-0.05, 0) is 18.2 Å². The lowest BCUT2D eigenvalue weighted by molar-refractivity contribution is 0.366. The molecule has 3 N–H and O–H groups in total. The summed E-state index contributed by atoms with van der Waals surface area (Å²) >= 11 is 0. The molecule has 0 spiro atoms. The molecule has 0 unspecified atom stereocenters. The molecule has 108 valence electrons. The third kappa shape index (κ3) is 2.64. The molecule has 3 rings (SSSR count). The first-order chi connectivity index (χ1) is 10.2. The van der Waals surface area contributed by atoms with Crippen LogP contribution in [-0.2, 0) is 6.54 Å². The molecule has 2 aromatic heterocycles. The Labute approximate surface area is 119 Å².